The van der Waals surface area contributed by atoms with Crippen LogP contribution in [-0.4, -0.2) is 46.9 Å². The summed E-state index contributed by atoms with van der Waals surface area (Å²) in [5.41, 5.74) is 2.80. The highest BCUT2D eigenvalue weighted by molar-refractivity contribution is 7.91. The summed E-state index contributed by atoms with van der Waals surface area (Å²) < 4.78 is 25.0. The summed E-state index contributed by atoms with van der Waals surface area (Å²) in [4.78, 5) is 12.4. The van der Waals surface area contributed by atoms with Crippen molar-refractivity contribution < 1.29 is 13.2 Å². The molecule has 24 heavy (non-hydrogen) atoms. The molecule has 0 saturated carbocycles. The van der Waals surface area contributed by atoms with Crippen LogP contribution in [0.4, 0.5) is 0 Å². The first-order valence-electron chi connectivity index (χ1n) is 7.86. The number of nitrogens with zero attached hydrogens (tertiary/aromatic N) is 3. The quantitative estimate of drug-likeness (QED) is 0.899. The highest BCUT2D eigenvalue weighted by Crippen LogP contribution is 2.15. The van der Waals surface area contributed by atoms with E-state index in [1.54, 1.807) is 11.6 Å². The Morgan fingerprint density at radius 1 is 1.25 bits per heavy atom. The monoisotopic (exact) mass is 348 g/mol. The van der Waals surface area contributed by atoms with Crippen molar-refractivity contribution in [2.75, 3.05) is 11.5 Å². The molecule has 1 aliphatic rings. The van der Waals surface area contributed by atoms with Crippen molar-refractivity contribution in [2.45, 2.75) is 32.7 Å². The van der Waals surface area contributed by atoms with Crippen LogP contribution in [-0.2, 0) is 9.84 Å². The van der Waals surface area contributed by atoms with E-state index in [1.807, 2.05) is 31.2 Å². The van der Waals surface area contributed by atoms with Crippen LogP contribution in [0.3, 0.4) is 0 Å². The number of benzene rings is 1. The average Bonchev–Trinajstić information content (AvgIpc) is 2.89. The van der Waals surface area contributed by atoms with Crippen LogP contribution < -0.4 is 5.32 Å². The lowest BCUT2D eigenvalue weighted by Crippen LogP contribution is -2.43. The summed E-state index contributed by atoms with van der Waals surface area (Å²) in [6.07, 6.45) is 1.23. The van der Waals surface area contributed by atoms with Crippen LogP contribution in [0.2, 0.25) is 0 Å². The molecule has 0 spiro atoms. The Morgan fingerprint density at radius 3 is 2.62 bits per heavy atom. The lowest BCUT2D eigenvalue weighted by Gasteiger charge is -2.22. The number of hydrogen-bond donors (Lipinski definition) is 1. The first-order valence-corrected chi connectivity index (χ1v) is 9.68. The Labute approximate surface area is 141 Å². The highest BCUT2D eigenvalue weighted by atomic mass is 32.2. The first kappa shape index (κ1) is 16.6. The third-order valence-electron chi connectivity index (χ3n) is 4.19. The van der Waals surface area contributed by atoms with E-state index < -0.39 is 9.84 Å². The smallest absolute Gasteiger partial charge is 0.274 e. The van der Waals surface area contributed by atoms with Crippen molar-refractivity contribution in [3.63, 3.8) is 0 Å². The molecule has 0 unspecified atom stereocenters. The van der Waals surface area contributed by atoms with Crippen molar-refractivity contribution >= 4 is 15.7 Å². The number of rotatable bonds is 3. The van der Waals surface area contributed by atoms with Crippen LogP contribution in [0.1, 0.15) is 34.6 Å². The van der Waals surface area contributed by atoms with Gasteiger partial charge in [0.25, 0.3) is 5.91 Å². The Bertz CT molecular complexity index is 856. The first-order chi connectivity index (χ1) is 11.4. The van der Waals surface area contributed by atoms with E-state index in [1.165, 1.54) is 0 Å². The van der Waals surface area contributed by atoms with Gasteiger partial charge in [0.15, 0.2) is 15.5 Å². The molecule has 8 heteroatoms. The minimum Gasteiger partial charge on any atom is -0.347 e. The third kappa shape index (κ3) is 3.48. The number of aryl methyl sites for hydroxylation is 1. The summed E-state index contributed by atoms with van der Waals surface area (Å²) in [5.74, 6) is -0.195. The molecule has 2 heterocycles. The van der Waals surface area contributed by atoms with E-state index >= 15 is 0 Å². The summed E-state index contributed by atoms with van der Waals surface area (Å²) in [6.45, 7) is 3.77. The van der Waals surface area contributed by atoms with Gasteiger partial charge >= 0.3 is 0 Å². The van der Waals surface area contributed by atoms with E-state index in [4.69, 9.17) is 0 Å². The Hall–Kier alpha value is -2.22. The average molecular weight is 348 g/mol. The van der Waals surface area contributed by atoms with Gasteiger partial charge in [0.2, 0.25) is 0 Å². The van der Waals surface area contributed by atoms with Crippen molar-refractivity contribution in [1.29, 1.82) is 0 Å². The molecule has 0 radical (unpaired) electrons. The molecule has 0 bridgehead atoms. The maximum atomic E-state index is 12.4. The highest BCUT2D eigenvalue weighted by Gasteiger charge is 2.27. The molecular formula is C16H20N4O3S. The Kier molecular flexibility index (Phi) is 4.40. The predicted molar refractivity (Wildman–Crippen MR) is 90.0 cm³/mol. The second-order valence-corrected chi connectivity index (χ2v) is 8.43. The molecular weight excluding hydrogens is 328 g/mol. The van der Waals surface area contributed by atoms with Crippen LogP contribution >= 0.6 is 0 Å². The third-order valence-corrected chi connectivity index (χ3v) is 6.01. The zero-order valence-corrected chi connectivity index (χ0v) is 14.5. The van der Waals surface area contributed by atoms with Gasteiger partial charge in [0, 0.05) is 6.04 Å². The molecule has 1 aromatic carbocycles. The summed E-state index contributed by atoms with van der Waals surface area (Å²) in [7, 11) is -3.07. The molecule has 2 aromatic rings. The van der Waals surface area contributed by atoms with Gasteiger partial charge in [0.05, 0.1) is 22.9 Å². The fourth-order valence-corrected chi connectivity index (χ4v) is 4.50. The molecule has 1 saturated heterocycles. The zero-order valence-electron chi connectivity index (χ0n) is 13.7. The van der Waals surface area contributed by atoms with E-state index in [-0.39, 0.29) is 29.1 Å². The number of carbonyl (C=O) groups excluding carboxylic acids is 1. The molecule has 1 amide bonds. The van der Waals surface area contributed by atoms with E-state index in [0.29, 0.717) is 18.5 Å². The van der Waals surface area contributed by atoms with E-state index in [0.717, 1.165) is 11.3 Å². The van der Waals surface area contributed by atoms with Gasteiger partial charge in [-0.3, -0.25) is 4.79 Å². The molecule has 3 rings (SSSR count). The number of amides is 1. The maximum Gasteiger partial charge on any atom is 0.274 e. The maximum absolute atomic E-state index is 12.4. The SMILES string of the molecule is Cc1ccc(-n2nnc(C(=O)N[C@@H]3CCCS(=O)(=O)C3)c2C)cc1. The normalized spacial score (nSPS) is 19.8. The fraction of sp³-hybridized carbons (Fsp3) is 0.438. The topological polar surface area (TPSA) is 93.9 Å². The standard InChI is InChI=1S/C16H20N4O3S/c1-11-5-7-14(8-6-11)20-12(2)15(18-19-20)16(21)17-13-4-3-9-24(22,23)10-13/h5-8,13H,3-4,9-10H2,1-2H3,(H,17,21)/t13-/m1/s1. The Morgan fingerprint density at radius 2 is 1.96 bits per heavy atom. The second kappa shape index (κ2) is 6.35. The molecule has 1 N–H and O–H groups in total. The van der Waals surface area contributed by atoms with Gasteiger partial charge < -0.3 is 5.32 Å². The minimum absolute atomic E-state index is 0.0100. The van der Waals surface area contributed by atoms with Crippen molar-refractivity contribution in [3.05, 3.63) is 41.2 Å². The second-order valence-electron chi connectivity index (χ2n) is 6.20. The molecule has 1 fully saturated rings. The van der Waals surface area contributed by atoms with Gasteiger partial charge in [-0.1, -0.05) is 22.9 Å². The minimum atomic E-state index is -3.07. The number of nitrogens with one attached hydrogen (secondary N) is 1. The number of carbonyl (C=O) groups is 1. The summed E-state index contributed by atoms with van der Waals surface area (Å²) >= 11 is 0. The van der Waals surface area contributed by atoms with E-state index in [9.17, 15) is 13.2 Å². The lowest BCUT2D eigenvalue weighted by molar-refractivity contribution is 0.0932. The fourth-order valence-electron chi connectivity index (χ4n) is 2.86. The van der Waals surface area contributed by atoms with E-state index in [2.05, 4.69) is 15.6 Å². The number of aromatic nitrogens is 3. The van der Waals surface area contributed by atoms with Gasteiger partial charge in [-0.25, -0.2) is 13.1 Å². The molecule has 7 nitrogen and oxygen atoms in total. The molecule has 0 aliphatic carbocycles. The van der Waals surface area contributed by atoms with Gasteiger partial charge in [-0.2, -0.15) is 0 Å². The van der Waals surface area contributed by atoms with Gasteiger partial charge in [0.1, 0.15) is 0 Å². The van der Waals surface area contributed by atoms with Gasteiger partial charge in [-0.05, 0) is 38.8 Å². The summed E-state index contributed by atoms with van der Waals surface area (Å²) in [5, 5.41) is 10.8. The van der Waals surface area contributed by atoms with Crippen LogP contribution in [0.25, 0.3) is 5.69 Å². The zero-order chi connectivity index (χ0) is 17.3. The number of sulfone groups is 1. The van der Waals surface area contributed by atoms with Crippen LogP contribution in [0.5, 0.6) is 0 Å². The van der Waals surface area contributed by atoms with Crippen molar-refractivity contribution in [3.8, 4) is 5.69 Å². The molecule has 1 aromatic heterocycles. The molecule has 1 atom stereocenters. The largest absolute Gasteiger partial charge is 0.347 e. The lowest BCUT2D eigenvalue weighted by atomic mass is 10.2. The molecule has 128 valence electrons. The van der Waals surface area contributed by atoms with Crippen molar-refractivity contribution in [1.82, 2.24) is 20.3 Å². The van der Waals surface area contributed by atoms with Gasteiger partial charge in [-0.15, -0.1) is 5.10 Å². The molecule has 1 aliphatic heterocycles. The van der Waals surface area contributed by atoms with Crippen LogP contribution in [0.15, 0.2) is 24.3 Å². The Balaban J connectivity index is 1.78. The van der Waals surface area contributed by atoms with Crippen molar-refractivity contribution in [2.24, 2.45) is 0 Å². The summed E-state index contributed by atoms with van der Waals surface area (Å²) in [6, 6.07) is 7.38. The van der Waals surface area contributed by atoms with Crippen LogP contribution in [0, 0.1) is 13.8 Å². The predicted octanol–water partition coefficient (Wildman–Crippen LogP) is 1.19. The number of hydrogen-bond acceptors (Lipinski definition) is 5.